The lowest BCUT2D eigenvalue weighted by Gasteiger charge is -2.31. The summed E-state index contributed by atoms with van der Waals surface area (Å²) in [6, 6.07) is 14.6. The van der Waals surface area contributed by atoms with Gasteiger partial charge < -0.3 is 14.7 Å². The van der Waals surface area contributed by atoms with Crippen LogP contribution < -0.4 is 5.32 Å². The van der Waals surface area contributed by atoms with Crippen molar-refractivity contribution in [2.75, 3.05) is 13.1 Å². The van der Waals surface area contributed by atoms with E-state index in [0.29, 0.717) is 54.8 Å². The van der Waals surface area contributed by atoms with E-state index < -0.39 is 0 Å². The topological polar surface area (TPSA) is 88.3 Å². The molecule has 2 amide bonds. The molecule has 0 unspecified atom stereocenters. The smallest absolute Gasteiger partial charge is 0.253 e. The number of nitrogens with zero attached hydrogens (tertiary/aromatic N) is 3. The number of benzene rings is 2. The second kappa shape index (κ2) is 9.31. The van der Waals surface area contributed by atoms with Gasteiger partial charge in [-0.05, 0) is 36.6 Å². The number of halogens is 1. The maximum atomic E-state index is 12.8. The molecule has 1 saturated heterocycles. The number of nitrogens with one attached hydrogen (secondary N) is 1. The van der Waals surface area contributed by atoms with Gasteiger partial charge in [-0.1, -0.05) is 47.1 Å². The quantitative estimate of drug-likeness (QED) is 0.653. The first-order valence-electron chi connectivity index (χ1n) is 10.2. The Balaban J connectivity index is 1.29. The minimum atomic E-state index is -0.101. The number of piperidine rings is 1. The van der Waals surface area contributed by atoms with E-state index >= 15 is 0 Å². The molecule has 2 heterocycles. The summed E-state index contributed by atoms with van der Waals surface area (Å²) in [5.74, 6) is 0.863. The number of aryl methyl sites for hydroxylation is 1. The van der Waals surface area contributed by atoms with E-state index in [-0.39, 0.29) is 17.7 Å². The standard InChI is InChI=1S/C23H23ClN4O3/c1-15-26-21(27-31-15)16-6-8-18(9-7-16)23(30)28-12-10-17(11-13-28)22(29)25-14-19-4-2-3-5-20(19)24/h2-9,17H,10-14H2,1H3,(H,25,29). The Morgan fingerprint density at radius 3 is 2.48 bits per heavy atom. The van der Waals surface area contributed by atoms with Crippen molar-refractivity contribution in [3.8, 4) is 11.4 Å². The molecule has 3 aromatic rings. The second-order valence-electron chi connectivity index (χ2n) is 7.59. The largest absolute Gasteiger partial charge is 0.352 e. The SMILES string of the molecule is Cc1nc(-c2ccc(C(=O)N3CCC(C(=O)NCc4ccccc4Cl)CC3)cc2)no1. The van der Waals surface area contributed by atoms with E-state index in [1.165, 1.54) is 0 Å². The normalized spacial score (nSPS) is 14.5. The molecule has 8 heteroatoms. The summed E-state index contributed by atoms with van der Waals surface area (Å²) in [7, 11) is 0. The van der Waals surface area contributed by atoms with Crippen LogP contribution in [-0.2, 0) is 11.3 Å². The predicted octanol–water partition coefficient (Wildman–Crippen LogP) is 3.87. The van der Waals surface area contributed by atoms with Crippen molar-refractivity contribution in [1.29, 1.82) is 0 Å². The molecule has 0 radical (unpaired) electrons. The highest BCUT2D eigenvalue weighted by molar-refractivity contribution is 6.31. The third-order valence-electron chi connectivity index (χ3n) is 5.48. The first-order chi connectivity index (χ1) is 15.0. The van der Waals surface area contributed by atoms with Crippen LogP contribution >= 0.6 is 11.6 Å². The van der Waals surface area contributed by atoms with Crippen molar-refractivity contribution >= 4 is 23.4 Å². The van der Waals surface area contributed by atoms with Gasteiger partial charge in [-0.15, -0.1) is 0 Å². The molecule has 7 nitrogen and oxygen atoms in total. The summed E-state index contributed by atoms with van der Waals surface area (Å²) in [6.07, 6.45) is 1.28. The lowest BCUT2D eigenvalue weighted by atomic mass is 9.95. The number of rotatable bonds is 5. The fraction of sp³-hybridized carbons (Fsp3) is 0.304. The van der Waals surface area contributed by atoms with E-state index in [2.05, 4.69) is 15.5 Å². The zero-order chi connectivity index (χ0) is 21.8. The van der Waals surface area contributed by atoms with Crippen molar-refractivity contribution < 1.29 is 14.1 Å². The number of aromatic nitrogens is 2. The molecule has 1 aliphatic rings. The van der Waals surface area contributed by atoms with E-state index in [9.17, 15) is 9.59 Å². The van der Waals surface area contributed by atoms with Gasteiger partial charge in [-0.2, -0.15) is 4.98 Å². The third kappa shape index (κ3) is 4.94. The Hall–Kier alpha value is -3.19. The molecule has 160 valence electrons. The van der Waals surface area contributed by atoms with E-state index in [4.69, 9.17) is 16.1 Å². The Kier molecular flexibility index (Phi) is 6.32. The molecule has 0 spiro atoms. The highest BCUT2D eigenvalue weighted by atomic mass is 35.5. The molecule has 0 atom stereocenters. The van der Waals surface area contributed by atoms with Crippen LogP contribution in [0.5, 0.6) is 0 Å². The number of amides is 2. The van der Waals surface area contributed by atoms with Crippen LogP contribution in [0.2, 0.25) is 5.02 Å². The number of likely N-dealkylation sites (tertiary alicyclic amines) is 1. The summed E-state index contributed by atoms with van der Waals surface area (Å²) >= 11 is 6.14. The van der Waals surface area contributed by atoms with Crippen molar-refractivity contribution in [3.63, 3.8) is 0 Å². The summed E-state index contributed by atoms with van der Waals surface area (Å²) in [4.78, 5) is 31.4. The highest BCUT2D eigenvalue weighted by Crippen LogP contribution is 2.22. The summed E-state index contributed by atoms with van der Waals surface area (Å²) in [5, 5.41) is 7.49. The maximum absolute atomic E-state index is 12.8. The van der Waals surface area contributed by atoms with Gasteiger partial charge in [-0.3, -0.25) is 9.59 Å². The average Bonchev–Trinajstić information content (AvgIpc) is 3.24. The van der Waals surface area contributed by atoms with Gasteiger partial charge in [0.15, 0.2) is 0 Å². The molecule has 0 bridgehead atoms. The van der Waals surface area contributed by atoms with Gasteiger partial charge in [0, 0.05) is 48.6 Å². The van der Waals surface area contributed by atoms with E-state index in [1.807, 2.05) is 36.4 Å². The molecular weight excluding hydrogens is 416 g/mol. The number of hydrogen-bond donors (Lipinski definition) is 1. The Bertz CT molecular complexity index is 1070. The van der Waals surface area contributed by atoms with Gasteiger partial charge in [0.25, 0.3) is 5.91 Å². The summed E-state index contributed by atoms with van der Waals surface area (Å²) in [5.41, 5.74) is 2.29. The van der Waals surface area contributed by atoms with Crippen molar-refractivity contribution in [1.82, 2.24) is 20.4 Å². The van der Waals surface area contributed by atoms with Crippen LogP contribution in [0.15, 0.2) is 53.1 Å². The van der Waals surface area contributed by atoms with Gasteiger partial charge in [0.1, 0.15) is 0 Å². The van der Waals surface area contributed by atoms with Crippen LogP contribution in [0.4, 0.5) is 0 Å². The predicted molar refractivity (Wildman–Crippen MR) is 116 cm³/mol. The van der Waals surface area contributed by atoms with Crippen LogP contribution in [-0.4, -0.2) is 39.9 Å². The molecule has 1 aromatic heterocycles. The average molecular weight is 439 g/mol. The lowest BCUT2D eigenvalue weighted by Crippen LogP contribution is -2.42. The van der Waals surface area contributed by atoms with Crippen LogP contribution in [0.3, 0.4) is 0 Å². The van der Waals surface area contributed by atoms with Gasteiger partial charge in [-0.25, -0.2) is 0 Å². The monoisotopic (exact) mass is 438 g/mol. The van der Waals surface area contributed by atoms with Crippen LogP contribution in [0.1, 0.15) is 34.7 Å². The second-order valence-corrected chi connectivity index (χ2v) is 8.00. The van der Waals surface area contributed by atoms with Gasteiger partial charge in [0.05, 0.1) is 0 Å². The van der Waals surface area contributed by atoms with Crippen molar-refractivity contribution in [3.05, 3.63) is 70.6 Å². The van der Waals surface area contributed by atoms with Crippen LogP contribution in [0.25, 0.3) is 11.4 Å². The number of carbonyl (C=O) groups is 2. The molecule has 31 heavy (non-hydrogen) atoms. The molecule has 1 aliphatic heterocycles. The third-order valence-corrected chi connectivity index (χ3v) is 5.85. The Morgan fingerprint density at radius 1 is 1.13 bits per heavy atom. The zero-order valence-electron chi connectivity index (χ0n) is 17.2. The summed E-state index contributed by atoms with van der Waals surface area (Å²) in [6.45, 7) is 3.24. The van der Waals surface area contributed by atoms with Crippen molar-refractivity contribution in [2.45, 2.75) is 26.3 Å². The lowest BCUT2D eigenvalue weighted by molar-refractivity contribution is -0.126. The fourth-order valence-electron chi connectivity index (χ4n) is 3.67. The van der Waals surface area contributed by atoms with Crippen LogP contribution in [0, 0.1) is 12.8 Å². The Labute approximate surface area is 185 Å². The summed E-state index contributed by atoms with van der Waals surface area (Å²) < 4.78 is 4.99. The van der Waals surface area contributed by atoms with Crippen molar-refractivity contribution in [2.24, 2.45) is 5.92 Å². The molecule has 1 N–H and O–H groups in total. The van der Waals surface area contributed by atoms with Gasteiger partial charge >= 0.3 is 0 Å². The first-order valence-corrected chi connectivity index (χ1v) is 10.6. The minimum Gasteiger partial charge on any atom is -0.352 e. The first kappa shape index (κ1) is 21.1. The number of carbonyl (C=O) groups excluding carboxylic acids is 2. The van der Waals surface area contributed by atoms with E-state index in [1.54, 1.807) is 24.0 Å². The van der Waals surface area contributed by atoms with E-state index in [0.717, 1.165) is 11.1 Å². The fourth-order valence-corrected chi connectivity index (χ4v) is 3.88. The molecular formula is C23H23ClN4O3. The molecule has 2 aromatic carbocycles. The highest BCUT2D eigenvalue weighted by Gasteiger charge is 2.27. The molecule has 0 saturated carbocycles. The number of hydrogen-bond acceptors (Lipinski definition) is 5. The maximum Gasteiger partial charge on any atom is 0.253 e. The molecule has 0 aliphatic carbocycles. The van der Waals surface area contributed by atoms with Gasteiger partial charge in [0.2, 0.25) is 17.6 Å². The molecule has 4 rings (SSSR count). The minimum absolute atomic E-state index is 0.00628. The zero-order valence-corrected chi connectivity index (χ0v) is 17.9. The Morgan fingerprint density at radius 2 is 1.84 bits per heavy atom. The molecule has 1 fully saturated rings.